The number of halogens is 2. The first-order valence-corrected chi connectivity index (χ1v) is 8.96. The van der Waals surface area contributed by atoms with Gasteiger partial charge in [-0.05, 0) is 55.3 Å². The van der Waals surface area contributed by atoms with Crippen molar-refractivity contribution in [3.05, 3.63) is 65.4 Å². The van der Waals surface area contributed by atoms with Crippen LogP contribution in [0.15, 0.2) is 42.5 Å². The Hall–Kier alpha value is -2.89. The van der Waals surface area contributed by atoms with Crippen molar-refractivity contribution in [1.29, 1.82) is 0 Å². The van der Waals surface area contributed by atoms with Crippen LogP contribution in [-0.4, -0.2) is 36.0 Å². The molecule has 140 valence electrons. The number of aromatic amines is 1. The number of nitrogens with zero attached hydrogens (tertiary/aromatic N) is 1. The molecule has 0 radical (unpaired) electrons. The lowest BCUT2D eigenvalue weighted by molar-refractivity contribution is 0.0705. The van der Waals surface area contributed by atoms with Crippen LogP contribution in [0.3, 0.4) is 0 Å². The highest BCUT2D eigenvalue weighted by atomic mass is 19.2. The van der Waals surface area contributed by atoms with Crippen LogP contribution in [0.4, 0.5) is 8.78 Å². The van der Waals surface area contributed by atoms with Gasteiger partial charge < -0.3 is 14.6 Å². The second-order valence-corrected chi connectivity index (χ2v) is 6.90. The first-order valence-electron chi connectivity index (χ1n) is 8.96. The van der Waals surface area contributed by atoms with Gasteiger partial charge in [-0.3, -0.25) is 4.79 Å². The van der Waals surface area contributed by atoms with E-state index in [1.165, 1.54) is 6.07 Å². The zero-order chi connectivity index (χ0) is 19.0. The normalized spacial score (nSPS) is 17.3. The number of hydrogen-bond acceptors (Lipinski definition) is 2. The average Bonchev–Trinajstić information content (AvgIpc) is 3.13. The zero-order valence-corrected chi connectivity index (χ0v) is 15.0. The van der Waals surface area contributed by atoms with E-state index in [2.05, 4.69) is 11.1 Å². The van der Waals surface area contributed by atoms with Crippen molar-refractivity contribution < 1.29 is 18.3 Å². The maximum Gasteiger partial charge on any atom is 0.253 e. The third-order valence-electron chi connectivity index (χ3n) is 5.16. The van der Waals surface area contributed by atoms with E-state index in [4.69, 9.17) is 4.74 Å². The van der Waals surface area contributed by atoms with E-state index in [9.17, 15) is 13.6 Å². The first-order chi connectivity index (χ1) is 13.0. The Morgan fingerprint density at radius 2 is 2.00 bits per heavy atom. The van der Waals surface area contributed by atoms with Crippen molar-refractivity contribution in [2.24, 2.45) is 0 Å². The molecule has 1 aromatic heterocycles. The highest BCUT2D eigenvalue weighted by molar-refractivity contribution is 5.94. The molecule has 6 heteroatoms. The minimum absolute atomic E-state index is 0.173. The summed E-state index contributed by atoms with van der Waals surface area (Å²) in [5.74, 6) is -1.25. The maximum atomic E-state index is 13.5. The minimum atomic E-state index is -1.00. The van der Waals surface area contributed by atoms with Crippen molar-refractivity contribution in [3.63, 3.8) is 0 Å². The fourth-order valence-corrected chi connectivity index (χ4v) is 3.71. The van der Waals surface area contributed by atoms with E-state index >= 15 is 0 Å². The highest BCUT2D eigenvalue weighted by Gasteiger charge is 2.27. The van der Waals surface area contributed by atoms with Gasteiger partial charge in [0.15, 0.2) is 11.6 Å². The van der Waals surface area contributed by atoms with Gasteiger partial charge in [0, 0.05) is 41.2 Å². The molecule has 1 saturated heterocycles. The molecule has 1 aliphatic rings. The summed E-state index contributed by atoms with van der Waals surface area (Å²) in [7, 11) is 1.64. The average molecular weight is 370 g/mol. The summed E-state index contributed by atoms with van der Waals surface area (Å²) in [6.07, 6.45) is 1.82. The van der Waals surface area contributed by atoms with E-state index in [0.717, 1.165) is 47.3 Å². The number of benzene rings is 2. The van der Waals surface area contributed by atoms with Gasteiger partial charge in [0.1, 0.15) is 5.75 Å². The van der Waals surface area contributed by atoms with Crippen LogP contribution < -0.4 is 4.74 Å². The molecule has 0 saturated carbocycles. The lowest BCUT2D eigenvalue weighted by atomic mass is 9.94. The molecular formula is C21H20F2N2O2. The summed E-state index contributed by atoms with van der Waals surface area (Å²) in [4.78, 5) is 17.9. The lowest BCUT2D eigenvalue weighted by Gasteiger charge is -2.32. The third kappa shape index (κ3) is 3.39. The van der Waals surface area contributed by atoms with Gasteiger partial charge in [-0.25, -0.2) is 8.78 Å². The number of fused-ring (bicyclic) bond motifs is 1. The van der Waals surface area contributed by atoms with Crippen molar-refractivity contribution >= 4 is 16.8 Å². The van der Waals surface area contributed by atoms with E-state index < -0.39 is 11.6 Å². The number of likely N-dealkylation sites (tertiary alicyclic amines) is 1. The number of H-pyrrole nitrogens is 1. The number of nitrogens with one attached hydrogen (secondary N) is 1. The summed E-state index contributed by atoms with van der Waals surface area (Å²) in [6, 6.07) is 11.2. The number of ether oxygens (including phenoxy) is 1. The fraction of sp³-hybridized carbons (Fsp3) is 0.286. The molecular weight excluding hydrogens is 350 g/mol. The maximum absolute atomic E-state index is 13.5. The monoisotopic (exact) mass is 370 g/mol. The number of piperidine rings is 1. The van der Waals surface area contributed by atoms with E-state index in [-0.39, 0.29) is 17.4 Å². The van der Waals surface area contributed by atoms with Gasteiger partial charge in [0.2, 0.25) is 0 Å². The number of methoxy groups -OCH3 is 1. The highest BCUT2D eigenvalue weighted by Crippen LogP contribution is 2.31. The number of hydrogen-bond donors (Lipinski definition) is 1. The summed E-state index contributed by atoms with van der Waals surface area (Å²) in [6.45, 7) is 1.16. The van der Waals surface area contributed by atoms with Crippen molar-refractivity contribution in [1.82, 2.24) is 9.88 Å². The Kier molecular flexibility index (Phi) is 4.56. The summed E-state index contributed by atoms with van der Waals surface area (Å²) < 4.78 is 31.9. The van der Waals surface area contributed by atoms with Crippen LogP contribution in [0.1, 0.15) is 34.8 Å². The van der Waals surface area contributed by atoms with Gasteiger partial charge in [-0.1, -0.05) is 0 Å². The Labute approximate surface area is 155 Å². The molecule has 2 heterocycles. The topological polar surface area (TPSA) is 45.3 Å². The van der Waals surface area contributed by atoms with Gasteiger partial charge in [0.25, 0.3) is 5.91 Å². The van der Waals surface area contributed by atoms with Crippen LogP contribution >= 0.6 is 0 Å². The molecule has 4 nitrogen and oxygen atoms in total. The molecule has 2 aromatic carbocycles. The number of carbonyl (C=O) groups is 1. The van der Waals surface area contributed by atoms with Crippen LogP contribution in [0.2, 0.25) is 0 Å². The predicted octanol–water partition coefficient (Wildman–Crippen LogP) is 4.47. The molecule has 0 aliphatic carbocycles. The molecule has 0 spiro atoms. The SMILES string of the molecule is COc1ccc2[nH]c(C3CCCN(C(=O)c4ccc(F)c(F)c4)C3)cc2c1. The van der Waals surface area contributed by atoms with Crippen molar-refractivity contribution in [2.75, 3.05) is 20.2 Å². The quantitative estimate of drug-likeness (QED) is 0.739. The minimum Gasteiger partial charge on any atom is -0.497 e. The molecule has 4 rings (SSSR count). The number of amides is 1. The van der Waals surface area contributed by atoms with Crippen LogP contribution in [0.5, 0.6) is 5.75 Å². The summed E-state index contributed by atoms with van der Waals surface area (Å²) in [5.41, 5.74) is 2.27. The Bertz CT molecular complexity index is 999. The molecule has 3 aromatic rings. The van der Waals surface area contributed by atoms with Crippen LogP contribution in [0, 0.1) is 11.6 Å². The Morgan fingerprint density at radius 3 is 2.78 bits per heavy atom. The van der Waals surface area contributed by atoms with E-state index in [0.29, 0.717) is 13.1 Å². The summed E-state index contributed by atoms with van der Waals surface area (Å²) in [5, 5.41) is 1.06. The second kappa shape index (κ2) is 7.02. The van der Waals surface area contributed by atoms with E-state index in [1.54, 1.807) is 12.0 Å². The number of aromatic nitrogens is 1. The molecule has 1 unspecified atom stereocenters. The Balaban J connectivity index is 1.55. The number of rotatable bonds is 3. The molecule has 27 heavy (non-hydrogen) atoms. The fourth-order valence-electron chi connectivity index (χ4n) is 3.71. The second-order valence-electron chi connectivity index (χ2n) is 6.90. The molecule has 1 N–H and O–H groups in total. The number of carbonyl (C=O) groups excluding carboxylic acids is 1. The van der Waals surface area contributed by atoms with Crippen molar-refractivity contribution in [3.8, 4) is 5.75 Å². The van der Waals surface area contributed by atoms with E-state index in [1.807, 2.05) is 18.2 Å². The smallest absolute Gasteiger partial charge is 0.253 e. The molecule has 1 aliphatic heterocycles. The van der Waals surface area contributed by atoms with Crippen LogP contribution in [-0.2, 0) is 0 Å². The van der Waals surface area contributed by atoms with Gasteiger partial charge in [0.05, 0.1) is 7.11 Å². The Morgan fingerprint density at radius 1 is 1.15 bits per heavy atom. The lowest BCUT2D eigenvalue weighted by Crippen LogP contribution is -2.39. The predicted molar refractivity (Wildman–Crippen MR) is 99.1 cm³/mol. The zero-order valence-electron chi connectivity index (χ0n) is 15.0. The van der Waals surface area contributed by atoms with Gasteiger partial charge in [-0.15, -0.1) is 0 Å². The first kappa shape index (κ1) is 17.5. The molecule has 1 atom stereocenters. The largest absolute Gasteiger partial charge is 0.497 e. The van der Waals surface area contributed by atoms with Crippen LogP contribution in [0.25, 0.3) is 10.9 Å². The van der Waals surface area contributed by atoms with Crippen molar-refractivity contribution in [2.45, 2.75) is 18.8 Å². The molecule has 0 bridgehead atoms. The standard InChI is InChI=1S/C21H20F2N2O2/c1-27-16-5-7-19-15(9-16)11-20(24-19)14-3-2-8-25(12-14)21(26)13-4-6-17(22)18(23)10-13/h4-7,9-11,14,24H,2-3,8,12H2,1H3. The molecule has 1 fully saturated rings. The van der Waals surface area contributed by atoms with Gasteiger partial charge in [-0.2, -0.15) is 0 Å². The molecule has 1 amide bonds. The third-order valence-corrected chi connectivity index (χ3v) is 5.16. The van der Waals surface area contributed by atoms with Gasteiger partial charge >= 0.3 is 0 Å². The summed E-state index contributed by atoms with van der Waals surface area (Å²) >= 11 is 0.